The zero-order chi connectivity index (χ0) is 13.8. The Morgan fingerprint density at radius 3 is 2.47 bits per heavy atom. The number of aryl methyl sites for hydroxylation is 1. The fraction of sp³-hybridized carbons (Fsp3) is 0.250. The van der Waals surface area contributed by atoms with Crippen molar-refractivity contribution < 1.29 is 5.11 Å². The van der Waals surface area contributed by atoms with Crippen molar-refractivity contribution in [2.75, 3.05) is 0 Å². The summed E-state index contributed by atoms with van der Waals surface area (Å²) in [6, 6.07) is 15.0. The lowest BCUT2D eigenvalue weighted by Crippen LogP contribution is -2.28. The maximum absolute atomic E-state index is 10.3. The summed E-state index contributed by atoms with van der Waals surface area (Å²) in [7, 11) is 0. The van der Waals surface area contributed by atoms with Crippen LogP contribution in [0.15, 0.2) is 48.5 Å². The molecular weight excluding hydrogens is 258 g/mol. The second kappa shape index (κ2) is 6.20. The molecule has 0 bridgehead atoms. The highest BCUT2D eigenvalue weighted by molar-refractivity contribution is 6.30. The van der Waals surface area contributed by atoms with Gasteiger partial charge >= 0.3 is 0 Å². The van der Waals surface area contributed by atoms with Gasteiger partial charge in [-0.2, -0.15) is 0 Å². The molecule has 100 valence electrons. The number of halogens is 1. The van der Waals surface area contributed by atoms with Gasteiger partial charge in [-0.05, 0) is 35.7 Å². The minimum absolute atomic E-state index is 0.405. The zero-order valence-corrected chi connectivity index (χ0v) is 11.6. The van der Waals surface area contributed by atoms with Crippen LogP contribution in [-0.2, 0) is 6.42 Å². The number of aliphatic hydroxyl groups is 1. The molecule has 0 saturated heterocycles. The highest BCUT2D eigenvalue weighted by atomic mass is 35.5. The summed E-state index contributed by atoms with van der Waals surface area (Å²) in [4.78, 5) is 0. The van der Waals surface area contributed by atoms with Crippen LogP contribution >= 0.6 is 11.6 Å². The topological polar surface area (TPSA) is 46.2 Å². The molecule has 0 heterocycles. The molecule has 2 rings (SSSR count). The van der Waals surface area contributed by atoms with Crippen molar-refractivity contribution in [3.05, 3.63) is 70.2 Å². The van der Waals surface area contributed by atoms with Gasteiger partial charge in [0, 0.05) is 11.4 Å². The molecule has 2 aromatic carbocycles. The van der Waals surface area contributed by atoms with Gasteiger partial charge in [-0.1, -0.05) is 48.0 Å². The molecule has 0 amide bonds. The van der Waals surface area contributed by atoms with E-state index in [1.807, 2.05) is 49.4 Å². The molecule has 0 spiro atoms. The molecular formula is C16H18ClNO. The quantitative estimate of drug-likeness (QED) is 0.900. The molecule has 2 nitrogen and oxygen atoms in total. The SMILES string of the molecule is Cc1cc(Cl)ccc1[C@H](N)[C@H](O)Cc1ccccc1. The molecule has 0 unspecified atom stereocenters. The molecule has 0 aliphatic carbocycles. The van der Waals surface area contributed by atoms with Crippen LogP contribution in [0.2, 0.25) is 5.02 Å². The van der Waals surface area contributed by atoms with Crippen LogP contribution in [0.3, 0.4) is 0 Å². The van der Waals surface area contributed by atoms with E-state index in [0.29, 0.717) is 11.4 Å². The van der Waals surface area contributed by atoms with Crippen LogP contribution in [-0.4, -0.2) is 11.2 Å². The second-order valence-electron chi connectivity index (χ2n) is 4.78. The smallest absolute Gasteiger partial charge is 0.0773 e. The van der Waals surface area contributed by atoms with Gasteiger partial charge in [-0.25, -0.2) is 0 Å². The van der Waals surface area contributed by atoms with E-state index in [2.05, 4.69) is 0 Å². The summed E-state index contributed by atoms with van der Waals surface area (Å²) in [6.45, 7) is 1.95. The van der Waals surface area contributed by atoms with Gasteiger partial charge in [0.15, 0.2) is 0 Å². The molecule has 3 heteroatoms. The Kier molecular flexibility index (Phi) is 4.59. The minimum Gasteiger partial charge on any atom is -0.391 e. The Morgan fingerprint density at radius 1 is 1.16 bits per heavy atom. The summed E-state index contributed by atoms with van der Waals surface area (Å²) in [5.74, 6) is 0. The third kappa shape index (κ3) is 3.57. The summed E-state index contributed by atoms with van der Waals surface area (Å²) in [5, 5.41) is 10.9. The number of rotatable bonds is 4. The fourth-order valence-electron chi connectivity index (χ4n) is 2.20. The van der Waals surface area contributed by atoms with Gasteiger partial charge in [0.2, 0.25) is 0 Å². The Bertz CT molecular complexity index is 542. The van der Waals surface area contributed by atoms with Gasteiger partial charge < -0.3 is 10.8 Å². The minimum atomic E-state index is -0.609. The van der Waals surface area contributed by atoms with Crippen molar-refractivity contribution in [2.24, 2.45) is 5.73 Å². The van der Waals surface area contributed by atoms with E-state index in [0.717, 1.165) is 16.7 Å². The lowest BCUT2D eigenvalue weighted by Gasteiger charge is -2.21. The molecule has 2 atom stereocenters. The maximum Gasteiger partial charge on any atom is 0.0773 e. The van der Waals surface area contributed by atoms with Gasteiger partial charge in [0.1, 0.15) is 0 Å². The molecule has 0 aliphatic heterocycles. The van der Waals surface area contributed by atoms with Gasteiger partial charge in [-0.15, -0.1) is 0 Å². The molecule has 0 radical (unpaired) electrons. The number of nitrogens with two attached hydrogens (primary N) is 1. The van der Waals surface area contributed by atoms with Crippen LogP contribution in [0, 0.1) is 6.92 Å². The summed E-state index contributed by atoms with van der Waals surface area (Å²) >= 11 is 5.93. The van der Waals surface area contributed by atoms with E-state index < -0.39 is 12.1 Å². The van der Waals surface area contributed by atoms with E-state index in [4.69, 9.17) is 17.3 Å². The van der Waals surface area contributed by atoms with E-state index in [-0.39, 0.29) is 0 Å². The first kappa shape index (κ1) is 14.1. The number of hydrogen-bond acceptors (Lipinski definition) is 2. The number of hydrogen-bond donors (Lipinski definition) is 2. The van der Waals surface area contributed by atoms with Crippen molar-refractivity contribution in [1.82, 2.24) is 0 Å². The van der Waals surface area contributed by atoms with Crippen molar-refractivity contribution >= 4 is 11.6 Å². The lowest BCUT2D eigenvalue weighted by molar-refractivity contribution is 0.145. The monoisotopic (exact) mass is 275 g/mol. The van der Waals surface area contributed by atoms with E-state index in [1.165, 1.54) is 0 Å². The second-order valence-corrected chi connectivity index (χ2v) is 5.22. The normalized spacial score (nSPS) is 14.1. The molecule has 2 aromatic rings. The van der Waals surface area contributed by atoms with Gasteiger partial charge in [0.25, 0.3) is 0 Å². The molecule has 19 heavy (non-hydrogen) atoms. The average molecular weight is 276 g/mol. The number of aliphatic hydroxyl groups excluding tert-OH is 1. The Labute approximate surface area is 118 Å². The van der Waals surface area contributed by atoms with E-state index >= 15 is 0 Å². The molecule has 0 aromatic heterocycles. The third-order valence-corrected chi connectivity index (χ3v) is 3.53. The lowest BCUT2D eigenvalue weighted by atomic mass is 9.94. The Hall–Kier alpha value is -1.35. The van der Waals surface area contributed by atoms with E-state index in [1.54, 1.807) is 6.07 Å². The maximum atomic E-state index is 10.3. The van der Waals surface area contributed by atoms with Crippen molar-refractivity contribution in [3.8, 4) is 0 Å². The predicted octanol–water partition coefficient (Wildman–Crippen LogP) is 3.25. The van der Waals surface area contributed by atoms with Crippen molar-refractivity contribution in [1.29, 1.82) is 0 Å². The highest BCUT2D eigenvalue weighted by Gasteiger charge is 2.18. The summed E-state index contributed by atoms with van der Waals surface area (Å²) < 4.78 is 0. The van der Waals surface area contributed by atoms with Crippen LogP contribution in [0.4, 0.5) is 0 Å². The van der Waals surface area contributed by atoms with Gasteiger partial charge in [-0.3, -0.25) is 0 Å². The Morgan fingerprint density at radius 2 is 1.84 bits per heavy atom. The summed E-state index contributed by atoms with van der Waals surface area (Å²) in [6.07, 6.45) is -0.0633. The molecule has 3 N–H and O–H groups in total. The standard InChI is InChI=1S/C16H18ClNO/c1-11-9-13(17)7-8-14(11)16(18)15(19)10-12-5-3-2-4-6-12/h2-9,15-16,19H,10,18H2,1H3/t15-,16+/m1/s1. The van der Waals surface area contributed by atoms with Crippen LogP contribution in [0.25, 0.3) is 0 Å². The molecule has 0 saturated carbocycles. The molecule has 0 aliphatic rings. The average Bonchev–Trinajstić information content (AvgIpc) is 2.39. The number of benzene rings is 2. The van der Waals surface area contributed by atoms with Crippen LogP contribution in [0.1, 0.15) is 22.7 Å². The van der Waals surface area contributed by atoms with Crippen molar-refractivity contribution in [3.63, 3.8) is 0 Å². The predicted molar refractivity (Wildman–Crippen MR) is 79.3 cm³/mol. The first-order valence-corrected chi connectivity index (χ1v) is 6.69. The molecule has 0 fully saturated rings. The largest absolute Gasteiger partial charge is 0.391 e. The van der Waals surface area contributed by atoms with Crippen molar-refractivity contribution in [2.45, 2.75) is 25.5 Å². The van der Waals surface area contributed by atoms with Crippen LogP contribution in [0.5, 0.6) is 0 Å². The zero-order valence-electron chi connectivity index (χ0n) is 10.9. The van der Waals surface area contributed by atoms with Crippen LogP contribution < -0.4 is 5.73 Å². The first-order chi connectivity index (χ1) is 9.08. The highest BCUT2D eigenvalue weighted by Crippen LogP contribution is 2.23. The third-order valence-electron chi connectivity index (χ3n) is 3.29. The van der Waals surface area contributed by atoms with E-state index in [9.17, 15) is 5.11 Å². The first-order valence-electron chi connectivity index (χ1n) is 6.31. The fourth-order valence-corrected chi connectivity index (χ4v) is 2.43. The van der Waals surface area contributed by atoms with Gasteiger partial charge in [0.05, 0.1) is 12.1 Å². The Balaban J connectivity index is 2.12. The summed E-state index contributed by atoms with van der Waals surface area (Å²) in [5.41, 5.74) is 9.17.